The van der Waals surface area contributed by atoms with Crippen molar-refractivity contribution in [1.82, 2.24) is 10.6 Å². The Morgan fingerprint density at radius 2 is 1.53 bits per heavy atom. The van der Waals surface area contributed by atoms with Crippen LogP contribution in [0.5, 0.6) is 0 Å². The Kier molecular flexibility index (Phi) is 9.08. The Labute approximate surface area is 200 Å². The van der Waals surface area contributed by atoms with Gasteiger partial charge >= 0.3 is 12.1 Å². The molecule has 3 rings (SSSR count). The fraction of sp³-hybridized carbons (Fsp3) is 0.444. The quantitative estimate of drug-likeness (QED) is 0.415. The molecule has 0 spiro atoms. The number of hydrogen-bond donors (Lipinski definition) is 3. The summed E-state index contributed by atoms with van der Waals surface area (Å²) in [6.07, 6.45) is 2.62. The number of carboxylic acid groups (broad SMARTS) is 1. The smallest absolute Gasteiger partial charge is 0.407 e. The predicted octanol–water partition coefficient (Wildman–Crippen LogP) is 4.84. The second kappa shape index (κ2) is 12.2. The minimum Gasteiger partial charge on any atom is -0.481 e. The van der Waals surface area contributed by atoms with Gasteiger partial charge in [-0.15, -0.1) is 0 Å². The van der Waals surface area contributed by atoms with Crippen molar-refractivity contribution < 1.29 is 24.2 Å². The maximum absolute atomic E-state index is 12.8. The summed E-state index contributed by atoms with van der Waals surface area (Å²) in [4.78, 5) is 36.7. The zero-order valence-corrected chi connectivity index (χ0v) is 19.9. The molecule has 2 atom stereocenters. The first-order valence-electron chi connectivity index (χ1n) is 12.1. The van der Waals surface area contributed by atoms with Gasteiger partial charge in [-0.05, 0) is 35.1 Å². The van der Waals surface area contributed by atoms with Crippen LogP contribution in [-0.2, 0) is 14.3 Å². The van der Waals surface area contributed by atoms with Gasteiger partial charge in [0.25, 0.3) is 0 Å². The standard InChI is InChI=1S/C27H34N2O5/c1-3-5-11-18(16-25(30)31)28-26(32)24(10-4-2)29-27(33)34-17-23-21-14-8-6-12-19(21)20-13-7-9-15-22(20)23/h6-9,12-15,18,23-24H,3-5,10-11,16-17H2,1-2H3,(H,28,32)(H,29,33)(H,30,31). The van der Waals surface area contributed by atoms with Gasteiger partial charge in [0.2, 0.25) is 5.91 Å². The molecule has 0 aromatic heterocycles. The van der Waals surface area contributed by atoms with Gasteiger partial charge in [0.05, 0.1) is 6.42 Å². The van der Waals surface area contributed by atoms with Crippen LogP contribution >= 0.6 is 0 Å². The number of aliphatic carboxylic acids is 1. The molecule has 1 aliphatic rings. The number of nitrogens with one attached hydrogen (secondary N) is 2. The molecule has 2 aromatic rings. The van der Waals surface area contributed by atoms with Crippen LogP contribution in [0.3, 0.4) is 0 Å². The molecule has 0 radical (unpaired) electrons. The van der Waals surface area contributed by atoms with Gasteiger partial charge in [-0.25, -0.2) is 4.79 Å². The fourth-order valence-electron chi connectivity index (χ4n) is 4.53. The van der Waals surface area contributed by atoms with Crippen LogP contribution < -0.4 is 10.6 Å². The molecule has 0 saturated heterocycles. The van der Waals surface area contributed by atoms with E-state index in [1.165, 1.54) is 0 Å². The highest BCUT2D eigenvalue weighted by molar-refractivity contribution is 5.86. The number of carbonyl (C=O) groups is 3. The molecule has 0 fully saturated rings. The topological polar surface area (TPSA) is 105 Å². The highest BCUT2D eigenvalue weighted by atomic mass is 16.5. The maximum atomic E-state index is 12.8. The molecular formula is C27H34N2O5. The Bertz CT molecular complexity index is 961. The van der Waals surface area contributed by atoms with Crippen LogP contribution in [0.25, 0.3) is 11.1 Å². The lowest BCUT2D eigenvalue weighted by molar-refractivity contribution is -0.137. The normalized spacial score (nSPS) is 13.9. The van der Waals surface area contributed by atoms with Crippen molar-refractivity contribution in [1.29, 1.82) is 0 Å². The highest BCUT2D eigenvalue weighted by Gasteiger charge is 2.30. The molecule has 2 amide bonds. The van der Waals surface area contributed by atoms with Crippen LogP contribution in [0, 0.1) is 0 Å². The van der Waals surface area contributed by atoms with E-state index in [9.17, 15) is 14.4 Å². The maximum Gasteiger partial charge on any atom is 0.407 e. The Morgan fingerprint density at radius 3 is 2.09 bits per heavy atom. The van der Waals surface area contributed by atoms with E-state index < -0.39 is 24.1 Å². The number of alkyl carbamates (subject to hydrolysis) is 1. The molecule has 1 aliphatic carbocycles. The molecule has 0 bridgehead atoms. The van der Waals surface area contributed by atoms with Crippen molar-refractivity contribution in [2.24, 2.45) is 0 Å². The molecule has 0 aliphatic heterocycles. The zero-order valence-electron chi connectivity index (χ0n) is 19.9. The summed E-state index contributed by atoms with van der Waals surface area (Å²) in [7, 11) is 0. The van der Waals surface area contributed by atoms with Crippen molar-refractivity contribution in [2.75, 3.05) is 6.61 Å². The van der Waals surface area contributed by atoms with E-state index in [4.69, 9.17) is 9.84 Å². The largest absolute Gasteiger partial charge is 0.481 e. The second-order valence-corrected chi connectivity index (χ2v) is 8.76. The van der Waals surface area contributed by atoms with Crippen molar-refractivity contribution in [2.45, 2.75) is 70.4 Å². The molecule has 7 nitrogen and oxygen atoms in total. The number of amides is 2. The van der Waals surface area contributed by atoms with Crippen LogP contribution in [0.15, 0.2) is 48.5 Å². The van der Waals surface area contributed by atoms with Crippen LogP contribution in [-0.4, -0.2) is 41.8 Å². The van der Waals surface area contributed by atoms with E-state index in [2.05, 4.69) is 22.8 Å². The molecule has 0 saturated carbocycles. The van der Waals surface area contributed by atoms with Gasteiger partial charge in [0.1, 0.15) is 12.6 Å². The summed E-state index contributed by atoms with van der Waals surface area (Å²) in [5.74, 6) is -1.40. The Hall–Kier alpha value is -3.35. The predicted molar refractivity (Wildman–Crippen MR) is 131 cm³/mol. The average molecular weight is 467 g/mol. The van der Waals surface area contributed by atoms with Gasteiger partial charge in [-0.3, -0.25) is 9.59 Å². The minimum atomic E-state index is -0.960. The molecule has 3 N–H and O–H groups in total. The highest BCUT2D eigenvalue weighted by Crippen LogP contribution is 2.44. The zero-order chi connectivity index (χ0) is 24.5. The van der Waals surface area contributed by atoms with Crippen molar-refractivity contribution in [3.8, 4) is 11.1 Å². The molecule has 2 aromatic carbocycles. The van der Waals surface area contributed by atoms with E-state index in [1.54, 1.807) is 0 Å². The van der Waals surface area contributed by atoms with Crippen LogP contribution in [0.1, 0.15) is 69.4 Å². The van der Waals surface area contributed by atoms with Gasteiger partial charge in [-0.1, -0.05) is 81.6 Å². The SMILES string of the molecule is CCCCC(CC(=O)O)NC(=O)C(CCC)NC(=O)OCC1c2ccccc2-c2ccccc21. The lowest BCUT2D eigenvalue weighted by atomic mass is 9.98. The third-order valence-electron chi connectivity index (χ3n) is 6.20. The average Bonchev–Trinajstić information content (AvgIpc) is 3.14. The first-order valence-corrected chi connectivity index (χ1v) is 12.1. The molecular weight excluding hydrogens is 432 g/mol. The van der Waals surface area contributed by atoms with Crippen LogP contribution in [0.4, 0.5) is 4.79 Å². The van der Waals surface area contributed by atoms with E-state index >= 15 is 0 Å². The number of unbranched alkanes of at least 4 members (excludes halogenated alkanes) is 1. The first kappa shape index (κ1) is 25.3. The number of ether oxygens (including phenoxy) is 1. The number of benzene rings is 2. The van der Waals surface area contributed by atoms with Crippen molar-refractivity contribution in [3.63, 3.8) is 0 Å². The lowest BCUT2D eigenvalue weighted by Gasteiger charge is -2.23. The van der Waals surface area contributed by atoms with E-state index in [1.807, 2.05) is 50.2 Å². The van der Waals surface area contributed by atoms with Gasteiger partial charge < -0.3 is 20.5 Å². The second-order valence-electron chi connectivity index (χ2n) is 8.76. The summed E-state index contributed by atoms with van der Waals surface area (Å²) in [5, 5.41) is 14.6. The van der Waals surface area contributed by atoms with Gasteiger partial charge in [0, 0.05) is 12.0 Å². The van der Waals surface area contributed by atoms with Crippen LogP contribution in [0.2, 0.25) is 0 Å². The monoisotopic (exact) mass is 466 g/mol. The number of hydrogen-bond acceptors (Lipinski definition) is 4. The van der Waals surface area contributed by atoms with Gasteiger partial charge in [-0.2, -0.15) is 0 Å². The summed E-state index contributed by atoms with van der Waals surface area (Å²) in [5.41, 5.74) is 4.53. The Balaban J connectivity index is 1.62. The fourth-order valence-corrected chi connectivity index (χ4v) is 4.53. The molecule has 182 valence electrons. The van der Waals surface area contributed by atoms with Gasteiger partial charge in [0.15, 0.2) is 0 Å². The van der Waals surface area contributed by atoms with E-state index in [-0.39, 0.29) is 24.9 Å². The van der Waals surface area contributed by atoms with Crippen molar-refractivity contribution in [3.05, 3.63) is 59.7 Å². The number of carboxylic acids is 1. The third-order valence-corrected chi connectivity index (χ3v) is 6.20. The molecule has 34 heavy (non-hydrogen) atoms. The molecule has 2 unspecified atom stereocenters. The number of rotatable bonds is 12. The summed E-state index contributed by atoms with van der Waals surface area (Å²) in [6.45, 7) is 4.10. The van der Waals surface area contributed by atoms with E-state index in [0.717, 1.165) is 35.1 Å². The molecule has 0 heterocycles. The summed E-state index contributed by atoms with van der Waals surface area (Å²) >= 11 is 0. The summed E-state index contributed by atoms with van der Waals surface area (Å²) in [6, 6.07) is 14.9. The molecule has 7 heteroatoms. The third kappa shape index (κ3) is 6.37. The first-order chi connectivity index (χ1) is 16.4. The van der Waals surface area contributed by atoms with Crippen molar-refractivity contribution >= 4 is 18.0 Å². The number of fused-ring (bicyclic) bond motifs is 3. The number of carbonyl (C=O) groups excluding carboxylic acids is 2. The lowest BCUT2D eigenvalue weighted by Crippen LogP contribution is -2.50. The Morgan fingerprint density at radius 1 is 0.912 bits per heavy atom. The summed E-state index contributed by atoms with van der Waals surface area (Å²) < 4.78 is 5.58. The minimum absolute atomic E-state index is 0.0643. The van der Waals surface area contributed by atoms with E-state index in [0.29, 0.717) is 19.3 Å².